The van der Waals surface area contributed by atoms with Crippen molar-refractivity contribution >= 4 is 23.3 Å². The molecule has 0 amide bonds. The maximum absolute atomic E-state index is 11.3. The fourth-order valence-electron chi connectivity index (χ4n) is 1.07. The van der Waals surface area contributed by atoms with E-state index < -0.39 is 35.5 Å². The fraction of sp³-hybridized carbons (Fsp3) is 0.750. The second-order valence-corrected chi connectivity index (χ2v) is 3.54. The van der Waals surface area contributed by atoms with Crippen LogP contribution in [0.25, 0.3) is 0 Å². The zero-order chi connectivity index (χ0) is 12.1. The third-order valence-corrected chi connectivity index (χ3v) is 2.41. The maximum Gasteiger partial charge on any atom is 0.340 e. The molecule has 0 aliphatic carbocycles. The molecular formula is C8H12O7S. The van der Waals surface area contributed by atoms with Crippen LogP contribution in [0.1, 0.15) is 13.8 Å². The number of ether oxygens (including phenoxy) is 2. The van der Waals surface area contributed by atoms with E-state index in [1.54, 1.807) is 13.8 Å². The van der Waals surface area contributed by atoms with Gasteiger partial charge in [-0.15, -0.1) is 0 Å². The van der Waals surface area contributed by atoms with Crippen LogP contribution in [0.4, 0.5) is 0 Å². The Morgan fingerprint density at radius 1 is 1.06 bits per heavy atom. The summed E-state index contributed by atoms with van der Waals surface area (Å²) < 4.78 is 29.5. The van der Waals surface area contributed by atoms with E-state index in [0.29, 0.717) is 0 Å². The quantitative estimate of drug-likeness (QED) is 0.622. The molecule has 1 aliphatic heterocycles. The Bertz CT molecular complexity index is 275. The molecule has 1 fully saturated rings. The van der Waals surface area contributed by atoms with Gasteiger partial charge in [0.05, 0.1) is 13.2 Å². The number of carbonyl (C=O) groups is 2. The molecule has 0 saturated carbocycles. The number of hydrogen-bond donors (Lipinski definition) is 0. The van der Waals surface area contributed by atoms with Gasteiger partial charge in [0.25, 0.3) is 0 Å². The second-order valence-electron chi connectivity index (χ2n) is 2.74. The number of rotatable bonds is 4. The first kappa shape index (κ1) is 13.1. The molecule has 1 rings (SSSR count). The topological polar surface area (TPSA) is 88.1 Å². The van der Waals surface area contributed by atoms with Crippen LogP contribution in [0.5, 0.6) is 0 Å². The minimum atomic E-state index is -2.13. The van der Waals surface area contributed by atoms with Crippen LogP contribution < -0.4 is 0 Å². The van der Waals surface area contributed by atoms with Crippen molar-refractivity contribution in [1.82, 2.24) is 0 Å². The van der Waals surface area contributed by atoms with Crippen LogP contribution in [0.15, 0.2) is 0 Å². The van der Waals surface area contributed by atoms with Gasteiger partial charge in [-0.05, 0) is 13.8 Å². The molecule has 0 aromatic rings. The Labute approximate surface area is 94.9 Å². The predicted molar refractivity (Wildman–Crippen MR) is 51.2 cm³/mol. The molecule has 92 valence electrons. The Kier molecular flexibility index (Phi) is 4.84. The summed E-state index contributed by atoms with van der Waals surface area (Å²) in [4.78, 5) is 22.7. The van der Waals surface area contributed by atoms with Crippen LogP contribution in [-0.2, 0) is 38.8 Å². The molecule has 2 unspecified atom stereocenters. The normalized spacial score (nSPS) is 28.8. The largest absolute Gasteiger partial charge is 0.464 e. The Morgan fingerprint density at radius 2 is 1.44 bits per heavy atom. The van der Waals surface area contributed by atoms with Gasteiger partial charge in [-0.25, -0.2) is 18.0 Å². The highest BCUT2D eigenvalue weighted by atomic mass is 32.2. The van der Waals surface area contributed by atoms with E-state index in [0.717, 1.165) is 0 Å². The van der Waals surface area contributed by atoms with E-state index in [9.17, 15) is 13.8 Å². The summed E-state index contributed by atoms with van der Waals surface area (Å²) in [5.41, 5.74) is 0. The fourth-order valence-corrected chi connectivity index (χ4v) is 1.81. The summed E-state index contributed by atoms with van der Waals surface area (Å²) in [6.07, 6.45) is -2.67. The van der Waals surface area contributed by atoms with Gasteiger partial charge in [0.1, 0.15) is 0 Å². The third-order valence-electron chi connectivity index (χ3n) is 1.68. The lowest BCUT2D eigenvalue weighted by molar-refractivity contribution is -0.163. The van der Waals surface area contributed by atoms with Crippen molar-refractivity contribution in [2.75, 3.05) is 13.2 Å². The summed E-state index contributed by atoms with van der Waals surface area (Å²) in [5, 5.41) is 0. The van der Waals surface area contributed by atoms with Gasteiger partial charge in [-0.2, -0.15) is 4.21 Å². The second kappa shape index (κ2) is 5.92. The molecule has 0 aromatic heterocycles. The number of esters is 2. The average Bonchev–Trinajstić information content (AvgIpc) is 2.61. The molecule has 1 heterocycles. The Balaban J connectivity index is 2.69. The molecule has 8 heteroatoms. The number of carbonyl (C=O) groups excluding carboxylic acids is 2. The summed E-state index contributed by atoms with van der Waals surface area (Å²) in [7, 11) is 0. The van der Waals surface area contributed by atoms with Crippen LogP contribution in [0.2, 0.25) is 0 Å². The minimum Gasteiger partial charge on any atom is -0.464 e. The molecule has 0 N–H and O–H groups in total. The van der Waals surface area contributed by atoms with Crippen LogP contribution >= 0.6 is 0 Å². The van der Waals surface area contributed by atoms with E-state index in [2.05, 4.69) is 17.8 Å². The van der Waals surface area contributed by atoms with E-state index in [-0.39, 0.29) is 13.2 Å². The van der Waals surface area contributed by atoms with Crippen molar-refractivity contribution in [2.24, 2.45) is 0 Å². The van der Waals surface area contributed by atoms with Crippen molar-refractivity contribution in [3.8, 4) is 0 Å². The lowest BCUT2D eigenvalue weighted by Gasteiger charge is -2.12. The van der Waals surface area contributed by atoms with E-state index in [1.807, 2.05) is 0 Å². The Morgan fingerprint density at radius 3 is 1.75 bits per heavy atom. The standard InChI is InChI=1S/C8H12O7S/c1-3-12-7(9)5-6(8(10)13-4-2)15-16(11)14-5/h5-6H,3-4H2,1-2H3. The zero-order valence-electron chi connectivity index (χ0n) is 8.83. The summed E-state index contributed by atoms with van der Waals surface area (Å²) >= 11 is -2.13. The van der Waals surface area contributed by atoms with Gasteiger partial charge in [-0.3, -0.25) is 0 Å². The summed E-state index contributed by atoms with van der Waals surface area (Å²) in [6, 6.07) is 0. The Hall–Kier alpha value is -0.990. The van der Waals surface area contributed by atoms with Crippen molar-refractivity contribution in [2.45, 2.75) is 26.1 Å². The molecule has 0 spiro atoms. The lowest BCUT2D eigenvalue weighted by Crippen LogP contribution is -2.39. The molecule has 7 nitrogen and oxygen atoms in total. The van der Waals surface area contributed by atoms with Crippen LogP contribution in [0, 0.1) is 0 Å². The summed E-state index contributed by atoms with van der Waals surface area (Å²) in [6.45, 7) is 3.45. The third kappa shape index (κ3) is 3.00. The molecule has 1 saturated heterocycles. The van der Waals surface area contributed by atoms with E-state index in [1.165, 1.54) is 0 Å². The van der Waals surface area contributed by atoms with Gasteiger partial charge in [0.2, 0.25) is 12.2 Å². The van der Waals surface area contributed by atoms with E-state index in [4.69, 9.17) is 0 Å². The minimum absolute atomic E-state index is 0.126. The summed E-state index contributed by atoms with van der Waals surface area (Å²) in [5.74, 6) is -1.60. The SMILES string of the molecule is CCOC(=O)C1OS(=O)OC1C(=O)OCC. The van der Waals surface area contributed by atoms with Gasteiger partial charge in [-0.1, -0.05) is 0 Å². The first-order valence-electron chi connectivity index (χ1n) is 4.69. The van der Waals surface area contributed by atoms with Gasteiger partial charge >= 0.3 is 23.3 Å². The van der Waals surface area contributed by atoms with Crippen molar-refractivity contribution in [3.63, 3.8) is 0 Å². The van der Waals surface area contributed by atoms with Crippen molar-refractivity contribution in [1.29, 1.82) is 0 Å². The van der Waals surface area contributed by atoms with Crippen molar-refractivity contribution in [3.05, 3.63) is 0 Å². The van der Waals surface area contributed by atoms with Crippen LogP contribution in [0.3, 0.4) is 0 Å². The maximum atomic E-state index is 11.3. The average molecular weight is 252 g/mol. The highest BCUT2D eigenvalue weighted by Crippen LogP contribution is 2.20. The highest BCUT2D eigenvalue weighted by molar-refractivity contribution is 7.75. The molecule has 2 atom stereocenters. The zero-order valence-corrected chi connectivity index (χ0v) is 9.65. The lowest BCUT2D eigenvalue weighted by atomic mass is 10.2. The first-order chi connectivity index (χ1) is 7.60. The highest BCUT2D eigenvalue weighted by Gasteiger charge is 2.47. The molecule has 16 heavy (non-hydrogen) atoms. The molecule has 1 aliphatic rings. The molecule has 0 aromatic carbocycles. The monoisotopic (exact) mass is 252 g/mol. The van der Waals surface area contributed by atoms with E-state index >= 15 is 0 Å². The van der Waals surface area contributed by atoms with Crippen LogP contribution in [-0.4, -0.2) is 41.6 Å². The first-order valence-corrected chi connectivity index (χ1v) is 5.69. The number of hydrogen-bond acceptors (Lipinski definition) is 7. The van der Waals surface area contributed by atoms with Gasteiger partial charge < -0.3 is 9.47 Å². The van der Waals surface area contributed by atoms with Gasteiger partial charge in [0, 0.05) is 0 Å². The predicted octanol–water partition coefficient (Wildman–Crippen LogP) is -0.525. The molecule has 0 radical (unpaired) electrons. The smallest absolute Gasteiger partial charge is 0.340 e. The molecule has 0 bridgehead atoms. The molecular weight excluding hydrogens is 240 g/mol. The van der Waals surface area contributed by atoms with Gasteiger partial charge in [0.15, 0.2) is 0 Å². The van der Waals surface area contributed by atoms with Crippen molar-refractivity contribution < 1.29 is 31.6 Å².